The van der Waals surface area contributed by atoms with Gasteiger partial charge in [-0.25, -0.2) is 8.42 Å². The number of amides is 2. The van der Waals surface area contributed by atoms with Crippen LogP contribution in [0.25, 0.3) is 0 Å². The number of carbonyl (C=O) groups excluding carboxylic acids is 2. The van der Waals surface area contributed by atoms with E-state index in [-0.39, 0.29) is 36.9 Å². The molecule has 1 saturated heterocycles. The first-order chi connectivity index (χ1) is 15.5. The molecule has 0 spiro atoms. The lowest BCUT2D eigenvalue weighted by molar-refractivity contribution is -0.120. The van der Waals surface area contributed by atoms with Gasteiger partial charge in [0.15, 0.2) is 0 Å². The molecule has 2 N–H and O–H groups in total. The molecule has 3 rings (SSSR count). The normalized spacial score (nSPS) is 15.5. The van der Waals surface area contributed by atoms with E-state index in [1.165, 1.54) is 4.31 Å². The Labute approximate surface area is 196 Å². The molecule has 0 radical (unpaired) electrons. The number of carbonyl (C=O) groups is 2. The molecule has 0 aromatic heterocycles. The van der Waals surface area contributed by atoms with Gasteiger partial charge in [-0.3, -0.25) is 9.59 Å². The summed E-state index contributed by atoms with van der Waals surface area (Å²) in [5, 5.41) is 5.72. The minimum absolute atomic E-state index is 0.0201. The lowest BCUT2D eigenvalue weighted by atomic mass is 9.97. The fraction of sp³-hybridized carbons (Fsp3) is 0.440. The van der Waals surface area contributed by atoms with E-state index in [0.29, 0.717) is 29.0 Å². The summed E-state index contributed by atoms with van der Waals surface area (Å²) in [4.78, 5) is 25.7. The zero-order valence-electron chi connectivity index (χ0n) is 19.9. The smallest absolute Gasteiger partial charge is 0.253 e. The van der Waals surface area contributed by atoms with Crippen molar-refractivity contribution in [3.8, 4) is 0 Å². The maximum absolute atomic E-state index is 13.3. The van der Waals surface area contributed by atoms with Crippen molar-refractivity contribution in [2.45, 2.75) is 58.4 Å². The topological polar surface area (TPSA) is 95.6 Å². The minimum atomic E-state index is -3.63. The van der Waals surface area contributed by atoms with E-state index in [2.05, 4.69) is 10.6 Å². The second kappa shape index (κ2) is 10.1. The van der Waals surface area contributed by atoms with Crippen LogP contribution in [-0.2, 0) is 14.8 Å². The van der Waals surface area contributed by atoms with Crippen LogP contribution in [0.4, 0.5) is 5.69 Å². The van der Waals surface area contributed by atoms with Gasteiger partial charge in [0.25, 0.3) is 5.91 Å². The van der Waals surface area contributed by atoms with Crippen molar-refractivity contribution in [1.82, 2.24) is 9.62 Å². The van der Waals surface area contributed by atoms with Gasteiger partial charge in [0, 0.05) is 25.0 Å². The van der Waals surface area contributed by atoms with Gasteiger partial charge in [-0.1, -0.05) is 29.8 Å². The average molecular weight is 472 g/mol. The highest BCUT2D eigenvalue weighted by Crippen LogP contribution is 2.29. The summed E-state index contributed by atoms with van der Waals surface area (Å²) >= 11 is 0. The highest BCUT2D eigenvalue weighted by Gasteiger charge is 2.34. The van der Waals surface area contributed by atoms with Crippen molar-refractivity contribution < 1.29 is 18.0 Å². The van der Waals surface area contributed by atoms with E-state index in [1.807, 2.05) is 46.8 Å². The molecule has 1 aliphatic rings. The predicted octanol–water partition coefficient (Wildman–Crippen LogP) is 3.79. The Kier molecular flexibility index (Phi) is 7.59. The molecule has 0 bridgehead atoms. The van der Waals surface area contributed by atoms with Gasteiger partial charge in [0.1, 0.15) is 0 Å². The number of benzene rings is 2. The van der Waals surface area contributed by atoms with Crippen molar-refractivity contribution in [1.29, 1.82) is 0 Å². The number of rotatable bonds is 6. The third kappa shape index (κ3) is 5.62. The molecule has 0 aliphatic carbocycles. The zero-order chi connectivity index (χ0) is 24.3. The van der Waals surface area contributed by atoms with Gasteiger partial charge >= 0.3 is 0 Å². The standard InChI is InChI=1S/C25H33N3O4S/c1-16(2)26-25(30)21-8-6-7-9-22(21)27-24(29)20-10-12-28(13-11-20)33(31,32)23-18(4)14-17(3)15-19(23)5/h6-9,14-16,20H,10-13H2,1-5H3,(H,26,30)(H,27,29). The number of anilines is 1. The van der Waals surface area contributed by atoms with E-state index in [1.54, 1.807) is 24.3 Å². The first kappa shape index (κ1) is 24.9. The van der Waals surface area contributed by atoms with Crippen molar-refractivity contribution in [2.24, 2.45) is 5.92 Å². The SMILES string of the molecule is Cc1cc(C)c(S(=O)(=O)N2CCC(C(=O)Nc3ccccc3C(=O)NC(C)C)CC2)c(C)c1. The molecule has 33 heavy (non-hydrogen) atoms. The number of nitrogens with one attached hydrogen (secondary N) is 2. The molecule has 1 heterocycles. The summed E-state index contributed by atoms with van der Waals surface area (Å²) in [6, 6.07) is 10.6. The monoisotopic (exact) mass is 471 g/mol. The van der Waals surface area contributed by atoms with Gasteiger partial charge < -0.3 is 10.6 Å². The molecule has 2 aromatic rings. The van der Waals surface area contributed by atoms with Gasteiger partial charge in [-0.05, 0) is 70.7 Å². The first-order valence-electron chi connectivity index (χ1n) is 11.3. The molecule has 0 atom stereocenters. The second-order valence-corrected chi connectivity index (χ2v) is 10.9. The van der Waals surface area contributed by atoms with E-state index in [0.717, 1.165) is 16.7 Å². The van der Waals surface area contributed by atoms with Crippen LogP contribution < -0.4 is 10.6 Å². The van der Waals surface area contributed by atoms with Crippen molar-refractivity contribution in [3.63, 3.8) is 0 Å². The number of hydrogen-bond acceptors (Lipinski definition) is 4. The van der Waals surface area contributed by atoms with Crippen LogP contribution in [0, 0.1) is 26.7 Å². The molecule has 1 aliphatic heterocycles. The van der Waals surface area contributed by atoms with E-state index < -0.39 is 10.0 Å². The molecule has 1 fully saturated rings. The first-order valence-corrected chi connectivity index (χ1v) is 12.7. The van der Waals surface area contributed by atoms with Crippen LogP contribution in [0.1, 0.15) is 53.7 Å². The molecule has 8 heteroatoms. The number of para-hydroxylation sites is 1. The molecule has 2 amide bonds. The van der Waals surface area contributed by atoms with Gasteiger partial charge in [0.05, 0.1) is 16.1 Å². The molecule has 7 nitrogen and oxygen atoms in total. The minimum Gasteiger partial charge on any atom is -0.350 e. The van der Waals surface area contributed by atoms with Crippen molar-refractivity contribution in [3.05, 3.63) is 58.7 Å². The fourth-order valence-electron chi connectivity index (χ4n) is 4.43. The number of hydrogen-bond donors (Lipinski definition) is 2. The van der Waals surface area contributed by atoms with Crippen LogP contribution in [0.2, 0.25) is 0 Å². The third-order valence-corrected chi connectivity index (χ3v) is 8.08. The molecule has 2 aromatic carbocycles. The number of aryl methyl sites for hydroxylation is 3. The Morgan fingerprint density at radius 3 is 2.15 bits per heavy atom. The lowest BCUT2D eigenvalue weighted by Gasteiger charge is -2.31. The molecule has 178 valence electrons. The summed E-state index contributed by atoms with van der Waals surface area (Å²) in [6.45, 7) is 9.90. The maximum atomic E-state index is 13.3. The van der Waals surface area contributed by atoms with E-state index in [9.17, 15) is 18.0 Å². The summed E-state index contributed by atoms with van der Waals surface area (Å²) in [7, 11) is -3.63. The van der Waals surface area contributed by atoms with E-state index in [4.69, 9.17) is 0 Å². The predicted molar refractivity (Wildman–Crippen MR) is 130 cm³/mol. The van der Waals surface area contributed by atoms with Crippen molar-refractivity contribution in [2.75, 3.05) is 18.4 Å². The fourth-order valence-corrected chi connectivity index (χ4v) is 6.31. The number of piperidine rings is 1. The van der Waals surface area contributed by atoms with Crippen molar-refractivity contribution >= 4 is 27.5 Å². The Bertz CT molecular complexity index is 1130. The van der Waals surface area contributed by atoms with E-state index >= 15 is 0 Å². The lowest BCUT2D eigenvalue weighted by Crippen LogP contribution is -2.42. The van der Waals surface area contributed by atoms with Crippen LogP contribution in [-0.4, -0.2) is 43.7 Å². The highest BCUT2D eigenvalue weighted by atomic mass is 32.2. The largest absolute Gasteiger partial charge is 0.350 e. The summed E-state index contributed by atoms with van der Waals surface area (Å²) < 4.78 is 28.1. The highest BCUT2D eigenvalue weighted by molar-refractivity contribution is 7.89. The molecule has 0 saturated carbocycles. The Hall–Kier alpha value is -2.71. The number of sulfonamides is 1. The van der Waals surface area contributed by atoms with Crippen LogP contribution in [0.3, 0.4) is 0 Å². The summed E-state index contributed by atoms with van der Waals surface area (Å²) in [6.07, 6.45) is 0.852. The molecular weight excluding hydrogens is 438 g/mol. The van der Waals surface area contributed by atoms with Gasteiger partial charge in [-0.15, -0.1) is 0 Å². The Balaban J connectivity index is 1.69. The average Bonchev–Trinajstić information content (AvgIpc) is 2.72. The second-order valence-electron chi connectivity index (χ2n) is 9.07. The summed E-state index contributed by atoms with van der Waals surface area (Å²) in [5.74, 6) is -0.761. The van der Waals surface area contributed by atoms with Crippen LogP contribution in [0.15, 0.2) is 41.3 Å². The maximum Gasteiger partial charge on any atom is 0.253 e. The Morgan fingerprint density at radius 2 is 1.58 bits per heavy atom. The Morgan fingerprint density at radius 1 is 1.00 bits per heavy atom. The van der Waals surface area contributed by atoms with Gasteiger partial charge in [0.2, 0.25) is 15.9 Å². The third-order valence-electron chi connectivity index (χ3n) is 5.88. The quantitative estimate of drug-likeness (QED) is 0.670. The number of nitrogens with zero attached hydrogens (tertiary/aromatic N) is 1. The van der Waals surface area contributed by atoms with Crippen LogP contribution >= 0.6 is 0 Å². The van der Waals surface area contributed by atoms with Gasteiger partial charge in [-0.2, -0.15) is 4.31 Å². The molecular formula is C25H33N3O4S. The zero-order valence-corrected chi connectivity index (χ0v) is 20.8. The summed E-state index contributed by atoms with van der Waals surface area (Å²) in [5.41, 5.74) is 3.38. The molecule has 0 unspecified atom stereocenters. The van der Waals surface area contributed by atoms with Crippen LogP contribution in [0.5, 0.6) is 0 Å².